The number of nitrogens with zero attached hydrogens (tertiary/aromatic N) is 3. The van der Waals surface area contributed by atoms with Crippen LogP contribution in [0.25, 0.3) is 11.4 Å². The summed E-state index contributed by atoms with van der Waals surface area (Å²) in [6, 6.07) is 12.5. The second-order valence-electron chi connectivity index (χ2n) is 8.21. The van der Waals surface area contributed by atoms with Crippen molar-refractivity contribution in [1.82, 2.24) is 14.8 Å². The van der Waals surface area contributed by atoms with Gasteiger partial charge in [0.25, 0.3) is 0 Å². The lowest BCUT2D eigenvalue weighted by Gasteiger charge is -2.22. The first-order valence-corrected chi connectivity index (χ1v) is 10.9. The Morgan fingerprint density at radius 1 is 1.14 bits per heavy atom. The lowest BCUT2D eigenvalue weighted by molar-refractivity contribution is -0.130. The van der Waals surface area contributed by atoms with Gasteiger partial charge in [-0.2, -0.15) is 0 Å². The van der Waals surface area contributed by atoms with Gasteiger partial charge in [-0.25, -0.2) is 0 Å². The molecule has 4 rings (SSSR count). The first-order chi connectivity index (χ1) is 14.0. The monoisotopic (exact) mass is 413 g/mol. The van der Waals surface area contributed by atoms with E-state index in [2.05, 4.69) is 59.8 Å². The van der Waals surface area contributed by atoms with Crippen molar-refractivity contribution in [3.8, 4) is 11.4 Å². The number of thioether (sulfide) groups is 1. The Bertz CT molecular complexity index is 908. The summed E-state index contributed by atoms with van der Waals surface area (Å²) in [5, 5.41) is 9.85. The summed E-state index contributed by atoms with van der Waals surface area (Å²) in [6.45, 7) is 8.36. The third kappa shape index (κ3) is 4.91. The van der Waals surface area contributed by atoms with Crippen molar-refractivity contribution in [3.63, 3.8) is 0 Å². The highest BCUT2D eigenvalue weighted by Crippen LogP contribution is 2.29. The molecule has 1 saturated heterocycles. The smallest absolute Gasteiger partial charge is 0.192 e. The zero-order chi connectivity index (χ0) is 20.3. The van der Waals surface area contributed by atoms with Gasteiger partial charge in [0.2, 0.25) is 0 Å². The molecule has 0 bridgehead atoms. The normalized spacial score (nSPS) is 17.6. The van der Waals surface area contributed by atoms with Crippen LogP contribution < -0.4 is 0 Å². The van der Waals surface area contributed by atoms with Crippen molar-refractivity contribution in [2.24, 2.45) is 0 Å². The Labute approximate surface area is 175 Å². The lowest BCUT2D eigenvalue weighted by atomic mass is 9.87. The molecule has 1 aliphatic rings. The molecule has 2 aromatic heterocycles. The predicted molar refractivity (Wildman–Crippen MR) is 113 cm³/mol. The van der Waals surface area contributed by atoms with Gasteiger partial charge in [-0.05, 0) is 29.5 Å². The van der Waals surface area contributed by atoms with E-state index in [9.17, 15) is 0 Å². The minimum absolute atomic E-state index is 0.116. The number of hydrogen-bond donors (Lipinski definition) is 0. The molecule has 1 aliphatic heterocycles. The van der Waals surface area contributed by atoms with Crippen LogP contribution in [0.3, 0.4) is 0 Å². The van der Waals surface area contributed by atoms with Gasteiger partial charge in [0.15, 0.2) is 11.0 Å². The standard InChI is InChI=1S/C22H27N3O3S/c1-22(2,3)17-8-6-16(7-9-17)20-23-24-21(25(20)13-18-5-4-11-27-18)29-14-19-10-12-26-15-28-19/h4-9,11,19H,10,12-15H2,1-3H3/t19-/m1/s1. The third-order valence-corrected chi connectivity index (χ3v) is 6.09. The molecule has 0 amide bonds. The molecule has 1 fully saturated rings. The number of rotatable bonds is 6. The predicted octanol–water partition coefficient (Wildman–Crippen LogP) is 4.74. The van der Waals surface area contributed by atoms with Gasteiger partial charge in [-0.1, -0.05) is 56.8 Å². The molecular weight excluding hydrogens is 386 g/mol. The van der Waals surface area contributed by atoms with Crippen LogP contribution in [0.1, 0.15) is 38.5 Å². The Morgan fingerprint density at radius 2 is 1.97 bits per heavy atom. The fourth-order valence-corrected chi connectivity index (χ4v) is 4.23. The van der Waals surface area contributed by atoms with E-state index in [1.54, 1.807) is 18.0 Å². The number of ether oxygens (including phenoxy) is 2. The SMILES string of the molecule is CC(C)(C)c1ccc(-c2nnc(SC[C@H]3CCOCO3)n2Cc2ccco2)cc1. The fourth-order valence-electron chi connectivity index (χ4n) is 3.23. The molecule has 1 atom stereocenters. The van der Waals surface area contributed by atoms with Gasteiger partial charge in [0.1, 0.15) is 12.6 Å². The molecular formula is C22H27N3O3S. The van der Waals surface area contributed by atoms with Gasteiger partial charge >= 0.3 is 0 Å². The number of furan rings is 1. The number of benzene rings is 1. The van der Waals surface area contributed by atoms with Crippen LogP contribution in [0.15, 0.2) is 52.2 Å². The topological polar surface area (TPSA) is 62.3 Å². The van der Waals surface area contributed by atoms with Crippen molar-refractivity contribution >= 4 is 11.8 Å². The maximum absolute atomic E-state index is 5.66. The summed E-state index contributed by atoms with van der Waals surface area (Å²) in [5.74, 6) is 2.54. The molecule has 3 aromatic rings. The van der Waals surface area contributed by atoms with Crippen LogP contribution >= 0.6 is 11.8 Å². The first-order valence-electron chi connectivity index (χ1n) is 9.89. The van der Waals surface area contributed by atoms with E-state index in [1.807, 2.05) is 12.1 Å². The Kier molecular flexibility index (Phi) is 6.08. The molecule has 29 heavy (non-hydrogen) atoms. The van der Waals surface area contributed by atoms with Gasteiger partial charge in [-0.3, -0.25) is 4.57 Å². The maximum atomic E-state index is 5.66. The van der Waals surface area contributed by atoms with E-state index in [0.717, 1.165) is 41.1 Å². The zero-order valence-corrected chi connectivity index (χ0v) is 17.9. The molecule has 0 spiro atoms. The van der Waals surface area contributed by atoms with Crippen LogP contribution in [0.5, 0.6) is 0 Å². The number of hydrogen-bond acceptors (Lipinski definition) is 6. The van der Waals surface area contributed by atoms with E-state index >= 15 is 0 Å². The molecule has 6 nitrogen and oxygen atoms in total. The first kappa shape index (κ1) is 20.2. The van der Waals surface area contributed by atoms with Crippen molar-refractivity contribution in [1.29, 1.82) is 0 Å². The van der Waals surface area contributed by atoms with Crippen LogP contribution in [0.4, 0.5) is 0 Å². The molecule has 1 aromatic carbocycles. The van der Waals surface area contributed by atoms with Crippen molar-refractivity contribution in [2.45, 2.75) is 50.4 Å². The average Bonchev–Trinajstić information content (AvgIpc) is 3.37. The largest absolute Gasteiger partial charge is 0.467 e. The van der Waals surface area contributed by atoms with Crippen LogP contribution in [0, 0.1) is 0 Å². The van der Waals surface area contributed by atoms with Crippen molar-refractivity contribution in [2.75, 3.05) is 19.2 Å². The molecule has 3 heterocycles. The zero-order valence-electron chi connectivity index (χ0n) is 17.1. The molecule has 0 aliphatic carbocycles. The summed E-state index contributed by atoms with van der Waals surface area (Å²) in [6.07, 6.45) is 2.78. The van der Waals surface area contributed by atoms with Crippen LogP contribution in [-0.4, -0.2) is 40.0 Å². The highest BCUT2D eigenvalue weighted by atomic mass is 32.2. The van der Waals surface area contributed by atoms with Crippen LogP contribution in [-0.2, 0) is 21.4 Å². The average molecular weight is 414 g/mol. The van der Waals surface area contributed by atoms with E-state index in [1.165, 1.54) is 5.56 Å². The van der Waals surface area contributed by atoms with Gasteiger partial charge in [0.05, 0.1) is 25.5 Å². The second kappa shape index (κ2) is 8.73. The molecule has 7 heteroatoms. The molecule has 154 valence electrons. The minimum atomic E-state index is 0.116. The quantitative estimate of drug-likeness (QED) is 0.544. The van der Waals surface area contributed by atoms with Gasteiger partial charge in [-0.15, -0.1) is 10.2 Å². The summed E-state index contributed by atoms with van der Waals surface area (Å²) in [4.78, 5) is 0. The van der Waals surface area contributed by atoms with Crippen LogP contribution in [0.2, 0.25) is 0 Å². The Morgan fingerprint density at radius 3 is 2.62 bits per heavy atom. The summed E-state index contributed by atoms with van der Waals surface area (Å²) >= 11 is 1.67. The lowest BCUT2D eigenvalue weighted by Crippen LogP contribution is -2.25. The Hall–Kier alpha value is -2.09. The number of aromatic nitrogens is 3. The maximum Gasteiger partial charge on any atom is 0.192 e. The fraction of sp³-hybridized carbons (Fsp3) is 0.455. The van der Waals surface area contributed by atoms with E-state index in [-0.39, 0.29) is 11.5 Å². The summed E-state index contributed by atoms with van der Waals surface area (Å²) in [5.41, 5.74) is 2.46. The molecule has 0 saturated carbocycles. The molecule has 0 N–H and O–H groups in total. The Balaban J connectivity index is 1.59. The highest BCUT2D eigenvalue weighted by molar-refractivity contribution is 7.99. The van der Waals surface area contributed by atoms with E-state index < -0.39 is 0 Å². The van der Waals surface area contributed by atoms with Gasteiger partial charge in [0, 0.05) is 11.3 Å². The summed E-state index contributed by atoms with van der Waals surface area (Å²) < 4.78 is 18.6. The van der Waals surface area contributed by atoms with Crippen molar-refractivity contribution in [3.05, 3.63) is 54.0 Å². The summed E-state index contributed by atoms with van der Waals surface area (Å²) in [7, 11) is 0. The minimum Gasteiger partial charge on any atom is -0.467 e. The van der Waals surface area contributed by atoms with E-state index in [4.69, 9.17) is 13.9 Å². The van der Waals surface area contributed by atoms with Crippen molar-refractivity contribution < 1.29 is 13.9 Å². The van der Waals surface area contributed by atoms with E-state index in [0.29, 0.717) is 13.3 Å². The molecule has 0 unspecified atom stereocenters. The molecule has 0 radical (unpaired) electrons. The highest BCUT2D eigenvalue weighted by Gasteiger charge is 2.20. The van der Waals surface area contributed by atoms with Gasteiger partial charge < -0.3 is 13.9 Å². The second-order valence-corrected chi connectivity index (χ2v) is 9.20. The third-order valence-electron chi connectivity index (χ3n) is 4.99.